The molecule has 5 heteroatoms. The Morgan fingerprint density at radius 3 is 2.64 bits per heavy atom. The number of benzene rings is 1. The minimum Gasteiger partial charge on any atom is -0.366 e. The summed E-state index contributed by atoms with van der Waals surface area (Å²) < 4.78 is 0. The number of anilines is 1. The second kappa shape index (κ2) is 6.82. The molecule has 2 aliphatic rings. The molecule has 0 spiro atoms. The summed E-state index contributed by atoms with van der Waals surface area (Å²) in [5, 5.41) is 11.7. The largest absolute Gasteiger partial charge is 0.366 e. The van der Waals surface area contributed by atoms with Crippen molar-refractivity contribution in [2.24, 2.45) is 0 Å². The molecule has 1 aromatic heterocycles. The third kappa shape index (κ3) is 3.36. The van der Waals surface area contributed by atoms with Gasteiger partial charge in [-0.25, -0.2) is 0 Å². The molecule has 0 saturated carbocycles. The van der Waals surface area contributed by atoms with E-state index in [4.69, 9.17) is 0 Å². The van der Waals surface area contributed by atoms with E-state index in [1.54, 1.807) is 0 Å². The third-order valence-corrected chi connectivity index (χ3v) is 5.39. The number of fused-ring (bicyclic) bond motifs is 1. The van der Waals surface area contributed by atoms with Crippen LogP contribution in [0.2, 0.25) is 0 Å². The van der Waals surface area contributed by atoms with Crippen LogP contribution in [0, 0.1) is 6.92 Å². The van der Waals surface area contributed by atoms with Crippen molar-refractivity contribution in [1.82, 2.24) is 15.1 Å². The van der Waals surface area contributed by atoms with Gasteiger partial charge in [0.2, 0.25) is 5.91 Å². The predicted molar refractivity (Wildman–Crippen MR) is 97.5 cm³/mol. The third-order valence-electron chi connectivity index (χ3n) is 5.39. The average molecular weight is 336 g/mol. The summed E-state index contributed by atoms with van der Waals surface area (Å²) in [7, 11) is 0. The van der Waals surface area contributed by atoms with Crippen molar-refractivity contribution in [2.45, 2.75) is 44.6 Å². The van der Waals surface area contributed by atoms with E-state index in [-0.39, 0.29) is 5.92 Å². The molecule has 1 aliphatic carbocycles. The zero-order valence-corrected chi connectivity index (χ0v) is 14.6. The Kier molecular flexibility index (Phi) is 4.38. The van der Waals surface area contributed by atoms with E-state index in [1.165, 1.54) is 11.1 Å². The first-order valence-electron chi connectivity index (χ1n) is 9.14. The SMILES string of the molecule is Cc1ccc(NC2CCN(C(=O)[C@@H]3CCc4ccccc43)CC2)nn1. The van der Waals surface area contributed by atoms with Crippen LogP contribution < -0.4 is 5.32 Å². The predicted octanol–water partition coefficient (Wildman–Crippen LogP) is 2.92. The molecule has 2 heterocycles. The Morgan fingerprint density at radius 2 is 1.88 bits per heavy atom. The van der Waals surface area contributed by atoms with Crippen molar-refractivity contribution in [2.75, 3.05) is 18.4 Å². The van der Waals surface area contributed by atoms with E-state index in [9.17, 15) is 4.79 Å². The van der Waals surface area contributed by atoms with Crippen molar-refractivity contribution in [3.05, 3.63) is 53.2 Å². The van der Waals surface area contributed by atoms with Gasteiger partial charge < -0.3 is 10.2 Å². The smallest absolute Gasteiger partial charge is 0.230 e. The maximum Gasteiger partial charge on any atom is 0.230 e. The number of amides is 1. The number of hydrogen-bond acceptors (Lipinski definition) is 4. The Morgan fingerprint density at radius 1 is 1.08 bits per heavy atom. The number of rotatable bonds is 3. The number of nitrogens with zero attached hydrogens (tertiary/aromatic N) is 3. The van der Waals surface area contributed by atoms with Gasteiger partial charge in [0.15, 0.2) is 0 Å². The summed E-state index contributed by atoms with van der Waals surface area (Å²) in [5.41, 5.74) is 3.50. The Hall–Kier alpha value is -2.43. The number of nitrogens with one attached hydrogen (secondary N) is 1. The van der Waals surface area contributed by atoms with Gasteiger partial charge in [0, 0.05) is 19.1 Å². The highest BCUT2D eigenvalue weighted by molar-refractivity contribution is 5.85. The molecule has 4 rings (SSSR count). The van der Waals surface area contributed by atoms with Gasteiger partial charge in [0.1, 0.15) is 5.82 Å². The van der Waals surface area contributed by atoms with Gasteiger partial charge in [-0.15, -0.1) is 5.10 Å². The van der Waals surface area contributed by atoms with Crippen LogP contribution in [0.5, 0.6) is 0 Å². The molecule has 1 amide bonds. The van der Waals surface area contributed by atoms with Gasteiger partial charge in [0.05, 0.1) is 11.6 Å². The lowest BCUT2D eigenvalue weighted by Gasteiger charge is -2.34. The van der Waals surface area contributed by atoms with Crippen molar-refractivity contribution in [3.8, 4) is 0 Å². The number of aryl methyl sites for hydroxylation is 2. The van der Waals surface area contributed by atoms with Crippen LogP contribution in [0.25, 0.3) is 0 Å². The summed E-state index contributed by atoms with van der Waals surface area (Å²) in [6.07, 6.45) is 3.89. The number of likely N-dealkylation sites (tertiary alicyclic amines) is 1. The first-order chi connectivity index (χ1) is 12.2. The first kappa shape index (κ1) is 16.1. The summed E-state index contributed by atoms with van der Waals surface area (Å²) in [4.78, 5) is 15.0. The van der Waals surface area contributed by atoms with Crippen LogP contribution in [0.4, 0.5) is 5.82 Å². The van der Waals surface area contributed by atoms with E-state index < -0.39 is 0 Å². The molecule has 130 valence electrons. The van der Waals surface area contributed by atoms with Crippen molar-refractivity contribution in [1.29, 1.82) is 0 Å². The molecule has 0 bridgehead atoms. The van der Waals surface area contributed by atoms with Crippen LogP contribution in [-0.2, 0) is 11.2 Å². The second-order valence-electron chi connectivity index (χ2n) is 7.09. The van der Waals surface area contributed by atoms with E-state index in [0.717, 1.165) is 50.3 Å². The zero-order valence-electron chi connectivity index (χ0n) is 14.6. The first-order valence-corrected chi connectivity index (χ1v) is 9.14. The lowest BCUT2D eigenvalue weighted by atomic mass is 9.97. The molecule has 1 aromatic carbocycles. The van der Waals surface area contributed by atoms with Crippen molar-refractivity contribution >= 4 is 11.7 Å². The summed E-state index contributed by atoms with van der Waals surface area (Å²) in [5.74, 6) is 1.18. The second-order valence-corrected chi connectivity index (χ2v) is 7.09. The highest BCUT2D eigenvalue weighted by Crippen LogP contribution is 2.34. The Balaban J connectivity index is 1.34. The molecular formula is C20H24N4O. The van der Waals surface area contributed by atoms with Gasteiger partial charge in [-0.1, -0.05) is 24.3 Å². The van der Waals surface area contributed by atoms with E-state index in [2.05, 4.69) is 33.7 Å². The monoisotopic (exact) mass is 336 g/mol. The Labute approximate surface area is 148 Å². The molecule has 2 aromatic rings. The van der Waals surface area contributed by atoms with Gasteiger partial charge in [0.25, 0.3) is 0 Å². The fraction of sp³-hybridized carbons (Fsp3) is 0.450. The minimum absolute atomic E-state index is 0.0590. The molecule has 1 atom stereocenters. The van der Waals surface area contributed by atoms with E-state index in [0.29, 0.717) is 11.9 Å². The molecule has 0 radical (unpaired) electrons. The lowest BCUT2D eigenvalue weighted by molar-refractivity contribution is -0.133. The lowest BCUT2D eigenvalue weighted by Crippen LogP contribution is -2.44. The highest BCUT2D eigenvalue weighted by Gasteiger charge is 2.33. The molecule has 1 N–H and O–H groups in total. The highest BCUT2D eigenvalue weighted by atomic mass is 16.2. The maximum atomic E-state index is 12.9. The van der Waals surface area contributed by atoms with Crippen LogP contribution in [0.3, 0.4) is 0 Å². The van der Waals surface area contributed by atoms with Crippen LogP contribution in [-0.4, -0.2) is 40.1 Å². The molecule has 0 unspecified atom stereocenters. The fourth-order valence-corrected chi connectivity index (χ4v) is 3.96. The minimum atomic E-state index is 0.0590. The van der Waals surface area contributed by atoms with Crippen molar-refractivity contribution in [3.63, 3.8) is 0 Å². The molecule has 1 fully saturated rings. The van der Waals surface area contributed by atoms with Gasteiger partial charge in [-0.2, -0.15) is 5.10 Å². The quantitative estimate of drug-likeness (QED) is 0.936. The van der Waals surface area contributed by atoms with E-state index >= 15 is 0 Å². The molecule has 5 nitrogen and oxygen atoms in total. The summed E-state index contributed by atoms with van der Waals surface area (Å²) in [6.45, 7) is 3.56. The van der Waals surface area contributed by atoms with E-state index in [1.807, 2.05) is 30.0 Å². The summed E-state index contributed by atoms with van der Waals surface area (Å²) >= 11 is 0. The van der Waals surface area contributed by atoms with Crippen molar-refractivity contribution < 1.29 is 4.79 Å². The summed E-state index contributed by atoms with van der Waals surface area (Å²) in [6, 6.07) is 12.7. The number of hydrogen-bond donors (Lipinski definition) is 1. The molecule has 25 heavy (non-hydrogen) atoms. The Bertz CT molecular complexity index is 751. The molecule has 1 aliphatic heterocycles. The standard InChI is InChI=1S/C20H24N4O/c1-14-6-9-19(23-22-14)21-16-10-12-24(13-11-16)20(25)18-8-7-15-4-2-3-5-17(15)18/h2-6,9,16,18H,7-8,10-13H2,1H3,(H,21,23)/t18-/m1/s1. The number of aromatic nitrogens is 2. The molecule has 1 saturated heterocycles. The normalized spacial score (nSPS) is 20.4. The fourth-order valence-electron chi connectivity index (χ4n) is 3.96. The maximum absolute atomic E-state index is 12.9. The van der Waals surface area contributed by atoms with Crippen LogP contribution in [0.15, 0.2) is 36.4 Å². The van der Waals surface area contributed by atoms with Crippen LogP contribution in [0.1, 0.15) is 42.0 Å². The van der Waals surface area contributed by atoms with Gasteiger partial charge >= 0.3 is 0 Å². The molecular weight excluding hydrogens is 312 g/mol. The average Bonchev–Trinajstić information content (AvgIpc) is 3.08. The van der Waals surface area contributed by atoms with Gasteiger partial charge in [-0.05, 0) is 55.9 Å². The zero-order chi connectivity index (χ0) is 17.2. The number of carbonyl (C=O) groups excluding carboxylic acids is 1. The van der Waals surface area contributed by atoms with Gasteiger partial charge in [-0.3, -0.25) is 4.79 Å². The number of piperidine rings is 1. The topological polar surface area (TPSA) is 58.1 Å². The number of carbonyl (C=O) groups is 1. The van der Waals surface area contributed by atoms with Crippen LogP contribution >= 0.6 is 0 Å².